The number of anilines is 1. The largest absolute Gasteiger partial charge is 0.444 e. The Hall–Kier alpha value is -2.09. The Balaban J connectivity index is 1.98. The van der Waals surface area contributed by atoms with Crippen LogP contribution in [0.2, 0.25) is 0 Å². The first-order chi connectivity index (χ1) is 12.2. The molecule has 2 heterocycles. The van der Waals surface area contributed by atoms with Crippen LogP contribution in [-0.4, -0.2) is 70.4 Å². The van der Waals surface area contributed by atoms with E-state index in [0.717, 1.165) is 25.9 Å². The Labute approximate surface area is 155 Å². The van der Waals surface area contributed by atoms with Gasteiger partial charge in [0, 0.05) is 25.4 Å². The van der Waals surface area contributed by atoms with Crippen LogP contribution < -0.4 is 5.32 Å². The fraction of sp³-hybridized carbons (Fsp3) is 0.722. The second kappa shape index (κ2) is 8.53. The zero-order valence-corrected chi connectivity index (χ0v) is 16.5. The van der Waals surface area contributed by atoms with Gasteiger partial charge in [0.05, 0.1) is 6.54 Å². The van der Waals surface area contributed by atoms with E-state index in [2.05, 4.69) is 15.3 Å². The van der Waals surface area contributed by atoms with Gasteiger partial charge in [-0.05, 0) is 54.1 Å². The average molecular weight is 365 g/mol. The normalized spacial score (nSPS) is 18.1. The molecule has 0 radical (unpaired) electrons. The molecule has 1 atom stereocenters. The van der Waals surface area contributed by atoms with Crippen LogP contribution in [0.15, 0.2) is 12.3 Å². The summed E-state index contributed by atoms with van der Waals surface area (Å²) in [5, 5.41) is 7.20. The zero-order valence-electron chi connectivity index (χ0n) is 16.5. The monoisotopic (exact) mass is 365 g/mol. The first-order valence-corrected chi connectivity index (χ1v) is 9.14. The molecule has 2 rings (SSSR count). The highest BCUT2D eigenvalue weighted by molar-refractivity contribution is 5.96. The van der Waals surface area contributed by atoms with E-state index in [1.807, 2.05) is 41.1 Å². The van der Waals surface area contributed by atoms with E-state index >= 15 is 0 Å². The third-order valence-corrected chi connectivity index (χ3v) is 4.10. The van der Waals surface area contributed by atoms with Crippen LogP contribution in [0.1, 0.15) is 40.0 Å². The molecule has 0 spiro atoms. The van der Waals surface area contributed by atoms with E-state index in [1.165, 1.54) is 4.90 Å². The standard InChI is InChI=1S/C18H31N5O3/c1-18(2,3)26-17(25)23-10-7-6-8-14(23)16(24)19-15-9-11-22(20-15)13-12-21(4)5/h9,11,14H,6-8,10,12-13H2,1-5H3,(H,19,20,24). The highest BCUT2D eigenvalue weighted by Crippen LogP contribution is 2.21. The third-order valence-electron chi connectivity index (χ3n) is 4.10. The van der Waals surface area contributed by atoms with Crippen molar-refractivity contribution in [2.75, 3.05) is 32.5 Å². The van der Waals surface area contributed by atoms with Crippen LogP contribution in [0.25, 0.3) is 0 Å². The van der Waals surface area contributed by atoms with E-state index in [1.54, 1.807) is 10.7 Å². The number of piperidine rings is 1. The molecule has 8 heteroatoms. The summed E-state index contributed by atoms with van der Waals surface area (Å²) in [5.41, 5.74) is -0.583. The molecule has 0 aromatic carbocycles. The van der Waals surface area contributed by atoms with Crippen LogP contribution >= 0.6 is 0 Å². The van der Waals surface area contributed by atoms with Crippen LogP contribution in [0.4, 0.5) is 10.6 Å². The number of rotatable bonds is 5. The van der Waals surface area contributed by atoms with Gasteiger partial charge in [0.2, 0.25) is 5.91 Å². The predicted octanol–water partition coefficient (Wildman–Crippen LogP) is 2.17. The summed E-state index contributed by atoms with van der Waals surface area (Å²) in [5.74, 6) is 0.289. The van der Waals surface area contributed by atoms with E-state index in [4.69, 9.17) is 4.74 Å². The number of carbonyl (C=O) groups excluding carboxylic acids is 2. The van der Waals surface area contributed by atoms with Crippen molar-refractivity contribution in [3.05, 3.63) is 12.3 Å². The van der Waals surface area contributed by atoms with Crippen LogP contribution in [0.5, 0.6) is 0 Å². The molecular weight excluding hydrogens is 334 g/mol. The van der Waals surface area contributed by atoms with E-state index in [0.29, 0.717) is 18.8 Å². The molecule has 146 valence electrons. The maximum atomic E-state index is 12.7. The first kappa shape index (κ1) is 20.2. The van der Waals surface area contributed by atoms with Gasteiger partial charge in [-0.3, -0.25) is 14.4 Å². The summed E-state index contributed by atoms with van der Waals surface area (Å²) in [6.07, 6.45) is 3.82. The zero-order chi connectivity index (χ0) is 19.3. The fourth-order valence-electron chi connectivity index (χ4n) is 2.81. The number of likely N-dealkylation sites (tertiary alicyclic amines) is 1. The predicted molar refractivity (Wildman–Crippen MR) is 100.0 cm³/mol. The lowest BCUT2D eigenvalue weighted by Crippen LogP contribution is -2.51. The quantitative estimate of drug-likeness (QED) is 0.865. The SMILES string of the molecule is CN(C)CCn1ccc(NC(=O)C2CCCCN2C(=O)OC(C)(C)C)n1. The molecule has 26 heavy (non-hydrogen) atoms. The van der Waals surface area contributed by atoms with Crippen molar-refractivity contribution in [2.24, 2.45) is 0 Å². The van der Waals surface area contributed by atoms with Gasteiger partial charge in [-0.2, -0.15) is 5.10 Å². The molecule has 0 saturated carbocycles. The lowest BCUT2D eigenvalue weighted by molar-refractivity contribution is -0.122. The molecule has 8 nitrogen and oxygen atoms in total. The summed E-state index contributed by atoms with van der Waals surface area (Å²) in [6, 6.07) is 1.25. The van der Waals surface area contributed by atoms with Gasteiger partial charge >= 0.3 is 6.09 Å². The molecule has 1 unspecified atom stereocenters. The smallest absolute Gasteiger partial charge is 0.410 e. The number of hydrogen-bond donors (Lipinski definition) is 1. The molecule has 2 amide bonds. The van der Waals surface area contributed by atoms with E-state index in [-0.39, 0.29) is 5.91 Å². The van der Waals surface area contributed by atoms with Crippen molar-refractivity contribution < 1.29 is 14.3 Å². The Morgan fingerprint density at radius 2 is 2.08 bits per heavy atom. The van der Waals surface area contributed by atoms with Crippen molar-refractivity contribution in [3.8, 4) is 0 Å². The van der Waals surface area contributed by atoms with Gasteiger partial charge < -0.3 is 15.0 Å². The minimum atomic E-state index is -0.583. The summed E-state index contributed by atoms with van der Waals surface area (Å²) in [6.45, 7) is 7.61. The Morgan fingerprint density at radius 3 is 2.73 bits per heavy atom. The Morgan fingerprint density at radius 1 is 1.35 bits per heavy atom. The lowest BCUT2D eigenvalue weighted by Gasteiger charge is -2.35. The Bertz CT molecular complexity index is 621. The first-order valence-electron chi connectivity index (χ1n) is 9.14. The highest BCUT2D eigenvalue weighted by Gasteiger charge is 2.35. The van der Waals surface area contributed by atoms with Crippen LogP contribution in [0, 0.1) is 0 Å². The molecule has 1 aromatic rings. The van der Waals surface area contributed by atoms with Gasteiger partial charge in [0.15, 0.2) is 5.82 Å². The molecular formula is C18H31N5O3. The summed E-state index contributed by atoms with van der Waals surface area (Å²) < 4.78 is 7.24. The van der Waals surface area contributed by atoms with E-state index in [9.17, 15) is 9.59 Å². The number of ether oxygens (including phenoxy) is 1. The van der Waals surface area contributed by atoms with Crippen LogP contribution in [0.3, 0.4) is 0 Å². The maximum Gasteiger partial charge on any atom is 0.410 e. The number of carbonyl (C=O) groups is 2. The molecule has 0 bridgehead atoms. The number of likely N-dealkylation sites (N-methyl/N-ethyl adjacent to an activating group) is 1. The summed E-state index contributed by atoms with van der Waals surface area (Å²) >= 11 is 0. The second-order valence-corrected chi connectivity index (χ2v) is 7.94. The topological polar surface area (TPSA) is 79.7 Å². The molecule has 0 aliphatic carbocycles. The van der Waals surface area contributed by atoms with Gasteiger partial charge in [-0.15, -0.1) is 0 Å². The molecule has 1 fully saturated rings. The number of nitrogens with one attached hydrogen (secondary N) is 1. The summed E-state index contributed by atoms with van der Waals surface area (Å²) in [7, 11) is 4.00. The number of aromatic nitrogens is 2. The van der Waals surface area contributed by atoms with Crippen molar-refractivity contribution in [2.45, 2.75) is 58.2 Å². The van der Waals surface area contributed by atoms with Crippen molar-refractivity contribution in [3.63, 3.8) is 0 Å². The fourth-order valence-corrected chi connectivity index (χ4v) is 2.81. The number of amides is 2. The Kier molecular flexibility index (Phi) is 6.63. The molecule has 1 aliphatic rings. The van der Waals surface area contributed by atoms with Gasteiger partial charge in [0.25, 0.3) is 0 Å². The number of hydrogen-bond acceptors (Lipinski definition) is 5. The average Bonchev–Trinajstić information content (AvgIpc) is 2.98. The van der Waals surface area contributed by atoms with Crippen molar-refractivity contribution in [1.82, 2.24) is 19.6 Å². The number of nitrogens with zero attached hydrogens (tertiary/aromatic N) is 4. The van der Waals surface area contributed by atoms with Gasteiger partial charge in [-0.25, -0.2) is 4.79 Å². The van der Waals surface area contributed by atoms with Crippen molar-refractivity contribution >= 4 is 17.8 Å². The molecule has 1 saturated heterocycles. The second-order valence-electron chi connectivity index (χ2n) is 7.94. The molecule has 1 aromatic heterocycles. The molecule has 1 aliphatic heterocycles. The summed E-state index contributed by atoms with van der Waals surface area (Å²) in [4.78, 5) is 28.7. The van der Waals surface area contributed by atoms with Crippen molar-refractivity contribution in [1.29, 1.82) is 0 Å². The minimum absolute atomic E-state index is 0.214. The van der Waals surface area contributed by atoms with E-state index < -0.39 is 17.7 Å². The maximum absolute atomic E-state index is 12.7. The minimum Gasteiger partial charge on any atom is -0.444 e. The lowest BCUT2D eigenvalue weighted by atomic mass is 10.0. The van der Waals surface area contributed by atoms with Crippen LogP contribution in [-0.2, 0) is 16.1 Å². The third kappa shape index (κ3) is 6.01. The highest BCUT2D eigenvalue weighted by atomic mass is 16.6. The molecule has 1 N–H and O–H groups in total. The van der Waals surface area contributed by atoms with Gasteiger partial charge in [-0.1, -0.05) is 0 Å². The van der Waals surface area contributed by atoms with Gasteiger partial charge in [0.1, 0.15) is 11.6 Å².